The number of anilines is 1. The Morgan fingerprint density at radius 2 is 2.06 bits per heavy atom. The molecular formula is C6H7N3O2S5. The number of rotatable bonds is 2. The van der Waals surface area contributed by atoms with Gasteiger partial charge in [0.25, 0.3) is 5.19 Å². The Bertz CT molecular complexity index is 526. The minimum atomic E-state index is -0.177. The fraction of sp³-hybridized carbons (Fsp3) is 0.333. The molecule has 0 aromatic carbocycles. The van der Waals surface area contributed by atoms with Gasteiger partial charge in [-0.05, 0) is 60.5 Å². The molecule has 0 atom stereocenters. The molecule has 5 nitrogen and oxygen atoms in total. The van der Waals surface area contributed by atoms with Gasteiger partial charge in [-0.25, -0.2) is 0 Å². The molecule has 16 heavy (non-hydrogen) atoms. The molecule has 0 spiro atoms. The van der Waals surface area contributed by atoms with Crippen molar-refractivity contribution in [2.45, 2.75) is 6.92 Å². The number of nitrogens with zero attached hydrogens (tertiary/aromatic N) is 2. The van der Waals surface area contributed by atoms with Crippen molar-refractivity contribution >= 4 is 58.7 Å². The van der Waals surface area contributed by atoms with Crippen molar-refractivity contribution in [3.63, 3.8) is 0 Å². The van der Waals surface area contributed by atoms with Gasteiger partial charge in [-0.1, -0.05) is 0 Å². The second-order valence-electron chi connectivity index (χ2n) is 2.13. The summed E-state index contributed by atoms with van der Waals surface area (Å²) < 4.78 is 5.57. The van der Waals surface area contributed by atoms with E-state index in [9.17, 15) is 4.79 Å². The van der Waals surface area contributed by atoms with Gasteiger partial charge >= 0.3 is 4.87 Å². The summed E-state index contributed by atoms with van der Waals surface area (Å²) in [6, 6.07) is 0. The second-order valence-corrected chi connectivity index (χ2v) is 6.94. The molecule has 2 heterocycles. The number of hydrogen-bond acceptors (Lipinski definition) is 10. The van der Waals surface area contributed by atoms with E-state index in [1.807, 2.05) is 6.92 Å². The van der Waals surface area contributed by atoms with Gasteiger partial charge in [-0.3, -0.25) is 4.79 Å². The Labute approximate surface area is 111 Å². The molecule has 0 radical (unpaired) electrons. The number of nitrogens with two attached hydrogens (primary N) is 1. The standard InChI is InChI=1S/C4H5NO2S2.C2H2N2S3/c1-2-7-4-5-3(6)8-9-4;3-1-4-2(5)7-6-1/h2H2,1H3;(H2,3,4,5). The SMILES string of the molecule is CCOc1nc(=O)ss1.Nc1nc(=S)ss1. The highest BCUT2D eigenvalue weighted by atomic mass is 32.9. The maximum atomic E-state index is 10.4. The van der Waals surface area contributed by atoms with Gasteiger partial charge in [-0.2, -0.15) is 9.97 Å². The Kier molecular flexibility index (Phi) is 5.98. The summed E-state index contributed by atoms with van der Waals surface area (Å²) in [6.07, 6.45) is 0. The van der Waals surface area contributed by atoms with Gasteiger partial charge in [0.2, 0.25) is 0 Å². The summed E-state index contributed by atoms with van der Waals surface area (Å²) in [5, 5.41) is 1.04. The molecule has 0 saturated heterocycles. The van der Waals surface area contributed by atoms with Crippen LogP contribution in [0.4, 0.5) is 5.13 Å². The summed E-state index contributed by atoms with van der Waals surface area (Å²) in [5.41, 5.74) is 5.23. The number of aromatic nitrogens is 2. The van der Waals surface area contributed by atoms with Gasteiger partial charge < -0.3 is 10.5 Å². The highest BCUT2D eigenvalue weighted by molar-refractivity contribution is 7.79. The zero-order chi connectivity index (χ0) is 12.0. The normalized spacial score (nSPS) is 9.31. The molecule has 2 aromatic rings. The Morgan fingerprint density at radius 1 is 1.31 bits per heavy atom. The average Bonchev–Trinajstić information content (AvgIpc) is 2.78. The second kappa shape index (κ2) is 7.01. The first-order valence-corrected chi connectivity index (χ1v) is 8.65. The summed E-state index contributed by atoms with van der Waals surface area (Å²) in [6.45, 7) is 2.43. The molecule has 88 valence electrons. The minimum absolute atomic E-state index is 0.177. The molecule has 0 saturated carbocycles. The van der Waals surface area contributed by atoms with E-state index in [1.165, 1.54) is 31.0 Å². The number of nitrogen functional groups attached to an aromatic ring is 1. The van der Waals surface area contributed by atoms with Gasteiger partial charge in [0.15, 0.2) is 9.09 Å². The Hall–Kier alpha value is -0.420. The van der Waals surface area contributed by atoms with E-state index in [-0.39, 0.29) is 4.87 Å². The molecule has 0 aliphatic heterocycles. The van der Waals surface area contributed by atoms with Crippen molar-refractivity contribution in [1.82, 2.24) is 9.97 Å². The average molecular weight is 313 g/mol. The third kappa shape index (κ3) is 5.07. The van der Waals surface area contributed by atoms with Crippen LogP contribution in [0, 0.1) is 3.95 Å². The largest absolute Gasteiger partial charge is 0.470 e. The lowest BCUT2D eigenvalue weighted by atomic mass is 10.9. The maximum absolute atomic E-state index is 10.4. The van der Waals surface area contributed by atoms with Gasteiger partial charge in [0, 0.05) is 0 Å². The Morgan fingerprint density at radius 3 is 2.38 bits per heavy atom. The van der Waals surface area contributed by atoms with E-state index >= 15 is 0 Å². The molecule has 0 aliphatic carbocycles. The third-order valence-corrected chi connectivity index (χ3v) is 5.28. The van der Waals surface area contributed by atoms with Gasteiger partial charge in [0.05, 0.1) is 6.61 Å². The highest BCUT2D eigenvalue weighted by Gasteiger charge is 1.96. The molecule has 10 heteroatoms. The van der Waals surface area contributed by atoms with Crippen LogP contribution in [0.1, 0.15) is 6.92 Å². The van der Waals surface area contributed by atoms with Crippen LogP contribution in [0.25, 0.3) is 0 Å². The van der Waals surface area contributed by atoms with Crippen LogP contribution in [-0.4, -0.2) is 16.6 Å². The van der Waals surface area contributed by atoms with E-state index in [4.69, 9.17) is 10.5 Å². The summed E-state index contributed by atoms with van der Waals surface area (Å²) in [4.78, 5) is 17.5. The highest BCUT2D eigenvalue weighted by Crippen LogP contribution is 2.14. The first kappa shape index (κ1) is 13.6. The predicted molar refractivity (Wildman–Crippen MR) is 72.7 cm³/mol. The minimum Gasteiger partial charge on any atom is -0.470 e. The molecule has 0 amide bonds. The number of hydrogen-bond donors (Lipinski definition) is 1. The lowest BCUT2D eigenvalue weighted by Crippen LogP contribution is -1.96. The summed E-state index contributed by atoms with van der Waals surface area (Å²) in [5.74, 6) is 0. The summed E-state index contributed by atoms with van der Waals surface area (Å²) >= 11 is 4.67. The third-order valence-electron chi connectivity index (χ3n) is 1.03. The maximum Gasteiger partial charge on any atom is 0.340 e. The van der Waals surface area contributed by atoms with E-state index in [2.05, 4.69) is 22.2 Å². The van der Waals surface area contributed by atoms with Gasteiger partial charge in [0.1, 0.15) is 0 Å². The Balaban J connectivity index is 0.000000165. The molecule has 2 aromatic heterocycles. The van der Waals surface area contributed by atoms with Crippen LogP contribution in [-0.2, 0) is 0 Å². The molecule has 0 unspecified atom stereocenters. The number of ether oxygens (including phenoxy) is 1. The zero-order valence-electron chi connectivity index (χ0n) is 8.04. The van der Waals surface area contributed by atoms with Crippen molar-refractivity contribution < 1.29 is 4.74 Å². The van der Waals surface area contributed by atoms with E-state index in [0.29, 0.717) is 20.9 Å². The lowest BCUT2D eigenvalue weighted by Gasteiger charge is -1.90. The molecule has 0 fully saturated rings. The fourth-order valence-electron chi connectivity index (χ4n) is 0.568. The van der Waals surface area contributed by atoms with E-state index in [1.54, 1.807) is 0 Å². The first-order valence-electron chi connectivity index (χ1n) is 3.94. The molecule has 0 aliphatic rings. The van der Waals surface area contributed by atoms with Crippen LogP contribution in [0.5, 0.6) is 5.19 Å². The van der Waals surface area contributed by atoms with Crippen LogP contribution in [0.15, 0.2) is 4.79 Å². The van der Waals surface area contributed by atoms with Crippen molar-refractivity contribution in [3.8, 4) is 5.19 Å². The smallest absolute Gasteiger partial charge is 0.340 e. The monoisotopic (exact) mass is 313 g/mol. The zero-order valence-corrected chi connectivity index (χ0v) is 12.1. The molecule has 2 rings (SSSR count). The van der Waals surface area contributed by atoms with E-state index in [0.717, 1.165) is 10.3 Å². The van der Waals surface area contributed by atoms with E-state index < -0.39 is 0 Å². The fourth-order valence-corrected chi connectivity index (χ4v) is 3.61. The van der Waals surface area contributed by atoms with Crippen LogP contribution >= 0.6 is 53.6 Å². The molecule has 0 bridgehead atoms. The molecule has 2 N–H and O–H groups in total. The van der Waals surface area contributed by atoms with Crippen LogP contribution in [0.3, 0.4) is 0 Å². The van der Waals surface area contributed by atoms with Crippen LogP contribution in [0.2, 0.25) is 0 Å². The van der Waals surface area contributed by atoms with Crippen molar-refractivity contribution in [1.29, 1.82) is 0 Å². The molecular weight excluding hydrogens is 306 g/mol. The van der Waals surface area contributed by atoms with Crippen LogP contribution < -0.4 is 15.3 Å². The quantitative estimate of drug-likeness (QED) is 0.678. The summed E-state index contributed by atoms with van der Waals surface area (Å²) in [7, 11) is 5.20. The first-order chi connectivity index (χ1) is 7.61. The van der Waals surface area contributed by atoms with Gasteiger partial charge in [-0.15, -0.1) is 0 Å². The van der Waals surface area contributed by atoms with Crippen molar-refractivity contribution in [3.05, 3.63) is 13.6 Å². The lowest BCUT2D eigenvalue weighted by molar-refractivity contribution is 0.337. The van der Waals surface area contributed by atoms with Crippen molar-refractivity contribution in [2.24, 2.45) is 0 Å². The predicted octanol–water partition coefficient (Wildman–Crippen LogP) is 2.48. The topological polar surface area (TPSA) is 78.1 Å². The van der Waals surface area contributed by atoms with Crippen molar-refractivity contribution in [2.75, 3.05) is 12.3 Å².